The monoisotopic (exact) mass is 330 g/mol. The molecule has 3 rings (SSSR count). The number of amides is 1. The minimum absolute atomic E-state index is 0.0783. The molecular formula is C14H14N6O2S. The molecule has 2 aromatic heterocycles. The van der Waals surface area contributed by atoms with Crippen molar-refractivity contribution in [2.45, 2.75) is 25.9 Å². The zero-order chi connectivity index (χ0) is 16.2. The molecule has 1 amide bonds. The minimum Gasteiger partial charge on any atom is -0.470 e. The van der Waals surface area contributed by atoms with Crippen molar-refractivity contribution >= 4 is 17.4 Å². The van der Waals surface area contributed by atoms with Gasteiger partial charge in [-0.3, -0.25) is 4.79 Å². The van der Waals surface area contributed by atoms with Crippen molar-refractivity contribution in [2.24, 2.45) is 0 Å². The summed E-state index contributed by atoms with van der Waals surface area (Å²) in [5.41, 5.74) is 0.794. The number of carbonyl (C=O) groups excluding carboxylic acids is 1. The molecule has 8 nitrogen and oxygen atoms in total. The molecule has 0 N–H and O–H groups in total. The Bertz CT molecular complexity index is 756. The highest BCUT2D eigenvalue weighted by atomic mass is 32.1. The molecule has 0 aliphatic carbocycles. The number of nitrogens with zero attached hydrogens (tertiary/aromatic N) is 6. The van der Waals surface area contributed by atoms with Crippen LogP contribution in [0.15, 0.2) is 12.4 Å². The number of ether oxygens (including phenoxy) is 1. The van der Waals surface area contributed by atoms with Crippen molar-refractivity contribution < 1.29 is 9.53 Å². The summed E-state index contributed by atoms with van der Waals surface area (Å²) in [6, 6.07) is 1.95. The van der Waals surface area contributed by atoms with Gasteiger partial charge in [0, 0.05) is 18.9 Å². The van der Waals surface area contributed by atoms with E-state index in [4.69, 9.17) is 10.00 Å². The Labute approximate surface area is 136 Å². The van der Waals surface area contributed by atoms with Crippen LogP contribution < -0.4 is 4.74 Å². The maximum Gasteiger partial charge on any atom is 0.267 e. The molecular weight excluding hydrogens is 316 g/mol. The van der Waals surface area contributed by atoms with Gasteiger partial charge in [-0.25, -0.2) is 9.97 Å². The van der Waals surface area contributed by atoms with Gasteiger partial charge >= 0.3 is 0 Å². The first kappa shape index (κ1) is 15.3. The lowest BCUT2D eigenvalue weighted by atomic mass is 10.1. The highest BCUT2D eigenvalue weighted by molar-refractivity contribution is 7.07. The second kappa shape index (κ2) is 6.66. The van der Waals surface area contributed by atoms with Gasteiger partial charge in [0.2, 0.25) is 5.69 Å². The highest BCUT2D eigenvalue weighted by Gasteiger charge is 2.28. The summed E-state index contributed by atoms with van der Waals surface area (Å²) in [7, 11) is 0. The number of carbonyl (C=O) groups is 1. The molecule has 3 heterocycles. The summed E-state index contributed by atoms with van der Waals surface area (Å²) in [6.07, 6.45) is 4.34. The molecule has 0 unspecified atom stereocenters. The fourth-order valence-electron chi connectivity index (χ4n) is 2.44. The average Bonchev–Trinajstić information content (AvgIpc) is 3.01. The van der Waals surface area contributed by atoms with Gasteiger partial charge < -0.3 is 9.64 Å². The van der Waals surface area contributed by atoms with Crippen LogP contribution in [0.4, 0.5) is 0 Å². The van der Waals surface area contributed by atoms with Crippen molar-refractivity contribution in [1.82, 2.24) is 24.5 Å². The lowest BCUT2D eigenvalue weighted by Gasteiger charge is -2.32. The summed E-state index contributed by atoms with van der Waals surface area (Å²) in [6.45, 7) is 2.88. The highest BCUT2D eigenvalue weighted by Crippen LogP contribution is 2.21. The molecule has 2 aromatic rings. The molecule has 118 valence electrons. The van der Waals surface area contributed by atoms with Crippen LogP contribution in [-0.2, 0) is 0 Å². The van der Waals surface area contributed by atoms with E-state index >= 15 is 0 Å². The van der Waals surface area contributed by atoms with E-state index in [2.05, 4.69) is 19.6 Å². The van der Waals surface area contributed by atoms with Crippen molar-refractivity contribution in [1.29, 1.82) is 5.26 Å². The average molecular weight is 330 g/mol. The topological polar surface area (TPSA) is 105 Å². The van der Waals surface area contributed by atoms with E-state index in [1.54, 1.807) is 11.8 Å². The Balaban J connectivity index is 1.70. The van der Waals surface area contributed by atoms with E-state index in [1.165, 1.54) is 12.4 Å². The third kappa shape index (κ3) is 3.27. The van der Waals surface area contributed by atoms with Gasteiger partial charge in [0.25, 0.3) is 11.8 Å². The Kier molecular flexibility index (Phi) is 4.43. The van der Waals surface area contributed by atoms with Crippen molar-refractivity contribution in [3.63, 3.8) is 0 Å². The Morgan fingerprint density at radius 3 is 3.04 bits per heavy atom. The smallest absolute Gasteiger partial charge is 0.267 e. The number of piperidine rings is 1. The quantitative estimate of drug-likeness (QED) is 0.832. The predicted molar refractivity (Wildman–Crippen MR) is 80.9 cm³/mol. The maximum atomic E-state index is 12.5. The van der Waals surface area contributed by atoms with Crippen LogP contribution in [0.25, 0.3) is 0 Å². The van der Waals surface area contributed by atoms with E-state index in [9.17, 15) is 4.79 Å². The predicted octanol–water partition coefficient (Wildman–Crippen LogP) is 1.19. The summed E-state index contributed by atoms with van der Waals surface area (Å²) in [5, 5.41) is 12.9. The van der Waals surface area contributed by atoms with Crippen molar-refractivity contribution in [2.75, 3.05) is 13.1 Å². The zero-order valence-electron chi connectivity index (χ0n) is 12.5. The Morgan fingerprint density at radius 2 is 2.30 bits per heavy atom. The Morgan fingerprint density at radius 1 is 1.48 bits per heavy atom. The second-order valence-corrected chi connectivity index (χ2v) is 5.90. The molecule has 1 fully saturated rings. The van der Waals surface area contributed by atoms with E-state index in [-0.39, 0.29) is 23.6 Å². The molecule has 0 aromatic carbocycles. The minimum atomic E-state index is -0.210. The van der Waals surface area contributed by atoms with Crippen molar-refractivity contribution in [3.05, 3.63) is 28.7 Å². The summed E-state index contributed by atoms with van der Waals surface area (Å²) in [5.74, 6) is 0.135. The van der Waals surface area contributed by atoms with E-state index in [0.717, 1.165) is 24.4 Å². The first-order valence-corrected chi connectivity index (χ1v) is 7.92. The molecule has 23 heavy (non-hydrogen) atoms. The lowest BCUT2D eigenvalue weighted by molar-refractivity contribution is 0.0529. The standard InChI is InChI=1S/C14H14N6O2S/c1-9-12(23-19-18-9)14(21)20-6-2-3-10(8-20)22-13-11(7-15)16-4-5-17-13/h4-5,10H,2-3,6,8H2,1H3/t10-/m0/s1. The molecule has 0 saturated carbocycles. The number of hydrogen-bond acceptors (Lipinski definition) is 8. The van der Waals surface area contributed by atoms with Gasteiger partial charge in [-0.15, -0.1) is 5.10 Å². The van der Waals surface area contributed by atoms with Gasteiger partial charge in [-0.2, -0.15) is 5.26 Å². The molecule has 0 radical (unpaired) electrons. The van der Waals surface area contributed by atoms with Crippen LogP contribution in [0.1, 0.15) is 33.9 Å². The zero-order valence-corrected chi connectivity index (χ0v) is 13.3. The lowest BCUT2D eigenvalue weighted by Crippen LogP contribution is -2.44. The number of aromatic nitrogens is 4. The fraction of sp³-hybridized carbons (Fsp3) is 0.429. The normalized spacial score (nSPS) is 17.6. The Hall–Kier alpha value is -2.60. The van der Waals surface area contributed by atoms with Crippen LogP contribution in [0, 0.1) is 18.3 Å². The van der Waals surface area contributed by atoms with Crippen molar-refractivity contribution in [3.8, 4) is 11.9 Å². The SMILES string of the molecule is Cc1nnsc1C(=O)N1CCC[C@H](Oc2nccnc2C#N)C1. The third-order valence-electron chi connectivity index (χ3n) is 3.56. The molecule has 1 aliphatic heterocycles. The van der Waals surface area contributed by atoms with Crippen LogP contribution in [-0.4, -0.2) is 49.6 Å². The molecule has 1 aliphatic rings. The molecule has 9 heteroatoms. The first-order valence-electron chi connectivity index (χ1n) is 7.15. The largest absolute Gasteiger partial charge is 0.470 e. The number of rotatable bonds is 3. The molecule has 0 spiro atoms. The summed E-state index contributed by atoms with van der Waals surface area (Å²) in [4.78, 5) is 22.8. The van der Waals surface area contributed by atoms with E-state index in [0.29, 0.717) is 23.7 Å². The van der Waals surface area contributed by atoms with Crippen LogP contribution in [0.3, 0.4) is 0 Å². The van der Waals surface area contributed by atoms with Gasteiger partial charge in [-0.05, 0) is 31.3 Å². The second-order valence-electron chi connectivity index (χ2n) is 5.14. The van der Waals surface area contributed by atoms with E-state index in [1.807, 2.05) is 6.07 Å². The van der Waals surface area contributed by atoms with Crippen LogP contribution in [0.5, 0.6) is 5.88 Å². The first-order chi connectivity index (χ1) is 11.2. The summed E-state index contributed by atoms with van der Waals surface area (Å²) < 4.78 is 9.59. The summed E-state index contributed by atoms with van der Waals surface area (Å²) >= 11 is 1.10. The fourth-order valence-corrected chi connectivity index (χ4v) is 3.06. The number of aryl methyl sites for hydroxylation is 1. The van der Waals surface area contributed by atoms with E-state index < -0.39 is 0 Å². The van der Waals surface area contributed by atoms with Gasteiger partial charge in [0.15, 0.2) is 0 Å². The van der Waals surface area contributed by atoms with Gasteiger partial charge in [-0.1, -0.05) is 4.49 Å². The maximum absolute atomic E-state index is 12.5. The van der Waals surface area contributed by atoms with Crippen LogP contribution in [0.2, 0.25) is 0 Å². The third-order valence-corrected chi connectivity index (χ3v) is 4.38. The molecule has 1 saturated heterocycles. The molecule has 1 atom stereocenters. The number of likely N-dealkylation sites (tertiary alicyclic amines) is 1. The molecule has 0 bridgehead atoms. The van der Waals surface area contributed by atoms with Gasteiger partial charge in [0.1, 0.15) is 17.1 Å². The number of hydrogen-bond donors (Lipinski definition) is 0. The number of nitriles is 1. The van der Waals surface area contributed by atoms with Gasteiger partial charge in [0.05, 0.1) is 12.2 Å². The van der Waals surface area contributed by atoms with Crippen LogP contribution >= 0.6 is 11.5 Å².